The fourth-order valence-corrected chi connectivity index (χ4v) is 4.56. The Bertz CT molecular complexity index is 1110. The topological polar surface area (TPSA) is 70.3 Å². The van der Waals surface area contributed by atoms with Crippen molar-refractivity contribution in [1.29, 1.82) is 0 Å². The molecule has 4 rings (SSSR count). The maximum Gasteiger partial charge on any atom is 0.277 e. The molecule has 148 valence electrons. The van der Waals surface area contributed by atoms with E-state index < -0.39 is 0 Å². The third kappa shape index (κ3) is 4.63. The maximum atomic E-state index is 5.76. The first-order valence-corrected chi connectivity index (χ1v) is 11.2. The van der Waals surface area contributed by atoms with Gasteiger partial charge in [-0.1, -0.05) is 27.7 Å². The minimum absolute atomic E-state index is 0.480. The van der Waals surface area contributed by atoms with Gasteiger partial charge in [-0.25, -0.2) is 4.98 Å². The number of thiazole rings is 1. The molecule has 4 aromatic rings. The molecule has 0 saturated heterocycles. The van der Waals surface area contributed by atoms with E-state index in [1.807, 2.05) is 47.8 Å². The van der Waals surface area contributed by atoms with Crippen LogP contribution in [0.15, 0.2) is 62.0 Å². The monoisotopic (exact) mass is 489 g/mol. The van der Waals surface area contributed by atoms with E-state index in [9.17, 15) is 0 Å². The van der Waals surface area contributed by atoms with Crippen LogP contribution in [-0.4, -0.2) is 29.4 Å². The zero-order chi connectivity index (χ0) is 20.2. The molecule has 0 fully saturated rings. The predicted octanol–water partition coefficient (Wildman–Crippen LogP) is 5.93. The van der Waals surface area contributed by atoms with Gasteiger partial charge < -0.3 is 13.9 Å². The number of hydrogen-bond donors (Lipinski definition) is 0. The predicted molar refractivity (Wildman–Crippen MR) is 118 cm³/mol. The average molecular weight is 490 g/mol. The number of thioether (sulfide) groups is 1. The Morgan fingerprint density at radius 1 is 1.07 bits per heavy atom. The van der Waals surface area contributed by atoms with Crippen molar-refractivity contribution in [3.63, 3.8) is 0 Å². The molecular weight excluding hydrogens is 474 g/mol. The van der Waals surface area contributed by atoms with Crippen molar-refractivity contribution in [3.05, 3.63) is 58.0 Å². The molecule has 0 aliphatic carbocycles. The van der Waals surface area contributed by atoms with E-state index in [2.05, 4.69) is 26.1 Å². The molecule has 0 unspecified atom stereocenters. The van der Waals surface area contributed by atoms with Crippen molar-refractivity contribution in [1.82, 2.24) is 15.2 Å². The van der Waals surface area contributed by atoms with Crippen LogP contribution in [0, 0.1) is 0 Å². The summed E-state index contributed by atoms with van der Waals surface area (Å²) in [6.45, 7) is 0. The highest BCUT2D eigenvalue weighted by atomic mass is 79.9. The zero-order valence-corrected chi connectivity index (χ0v) is 18.8. The molecule has 0 aliphatic heterocycles. The first-order chi connectivity index (χ1) is 14.2. The lowest BCUT2D eigenvalue weighted by atomic mass is 10.2. The minimum atomic E-state index is 0.480. The second-order valence-corrected chi connectivity index (χ2v) is 8.58. The summed E-state index contributed by atoms with van der Waals surface area (Å²) in [6, 6.07) is 13.4. The highest BCUT2D eigenvalue weighted by molar-refractivity contribution is 9.10. The summed E-state index contributed by atoms with van der Waals surface area (Å²) in [6.07, 6.45) is 0. The van der Waals surface area contributed by atoms with Crippen LogP contribution in [-0.2, 0) is 5.75 Å². The Morgan fingerprint density at radius 2 is 1.90 bits per heavy atom. The molecule has 2 aromatic heterocycles. The summed E-state index contributed by atoms with van der Waals surface area (Å²) in [5.41, 5.74) is 2.76. The van der Waals surface area contributed by atoms with Gasteiger partial charge in [-0.3, -0.25) is 0 Å². The highest BCUT2D eigenvalue weighted by Crippen LogP contribution is 2.35. The van der Waals surface area contributed by atoms with Gasteiger partial charge in [0, 0.05) is 21.2 Å². The van der Waals surface area contributed by atoms with Crippen molar-refractivity contribution in [3.8, 4) is 33.5 Å². The summed E-state index contributed by atoms with van der Waals surface area (Å²) in [4.78, 5) is 4.72. The highest BCUT2D eigenvalue weighted by Gasteiger charge is 2.13. The summed E-state index contributed by atoms with van der Waals surface area (Å²) in [5.74, 6) is 2.69. The second-order valence-electron chi connectivity index (χ2n) is 5.88. The Kier molecular flexibility index (Phi) is 6.17. The molecule has 2 aromatic carbocycles. The van der Waals surface area contributed by atoms with E-state index in [1.54, 1.807) is 25.6 Å². The van der Waals surface area contributed by atoms with Gasteiger partial charge in [0.2, 0.25) is 5.89 Å². The van der Waals surface area contributed by atoms with E-state index in [1.165, 1.54) is 11.8 Å². The van der Waals surface area contributed by atoms with Crippen molar-refractivity contribution >= 4 is 39.0 Å². The lowest BCUT2D eigenvalue weighted by molar-refractivity contribution is 0.414. The van der Waals surface area contributed by atoms with Crippen LogP contribution in [0.2, 0.25) is 0 Å². The lowest BCUT2D eigenvalue weighted by Gasteiger charge is -2.06. The number of hydrogen-bond acceptors (Lipinski definition) is 8. The third-order valence-electron chi connectivity index (χ3n) is 4.03. The number of rotatable bonds is 7. The molecule has 0 amide bonds. The normalized spacial score (nSPS) is 10.9. The van der Waals surface area contributed by atoms with Gasteiger partial charge in [-0.2, -0.15) is 0 Å². The van der Waals surface area contributed by atoms with Gasteiger partial charge in [0.25, 0.3) is 5.22 Å². The van der Waals surface area contributed by atoms with Crippen LogP contribution in [0.25, 0.3) is 22.0 Å². The molecule has 0 bridgehead atoms. The molecule has 0 atom stereocenters. The van der Waals surface area contributed by atoms with Crippen LogP contribution < -0.4 is 9.47 Å². The van der Waals surface area contributed by atoms with Crippen molar-refractivity contribution in [2.24, 2.45) is 0 Å². The standard InChI is InChI=1S/C20H16BrN3O3S2/c1-25-15-6-3-12(4-7-15)18-23-24-20(27-18)29-11-14-10-28-19(22-14)16-9-13(21)5-8-17(16)26-2/h3-10H,11H2,1-2H3. The van der Waals surface area contributed by atoms with E-state index in [0.29, 0.717) is 16.9 Å². The van der Waals surface area contributed by atoms with Crippen molar-refractivity contribution < 1.29 is 13.9 Å². The summed E-state index contributed by atoms with van der Waals surface area (Å²) in [7, 11) is 3.29. The lowest BCUT2D eigenvalue weighted by Crippen LogP contribution is -1.88. The van der Waals surface area contributed by atoms with Crippen molar-refractivity contribution in [2.75, 3.05) is 14.2 Å². The Labute approximate surface area is 184 Å². The first-order valence-electron chi connectivity index (χ1n) is 8.55. The van der Waals surface area contributed by atoms with Gasteiger partial charge >= 0.3 is 0 Å². The third-order valence-corrected chi connectivity index (χ3v) is 6.30. The van der Waals surface area contributed by atoms with Crippen LogP contribution in [0.3, 0.4) is 0 Å². The molecule has 0 saturated carbocycles. The van der Waals surface area contributed by atoms with Crippen LogP contribution in [0.4, 0.5) is 0 Å². The fourth-order valence-electron chi connectivity index (χ4n) is 2.60. The van der Waals surface area contributed by atoms with E-state index in [-0.39, 0.29) is 0 Å². The number of benzene rings is 2. The molecule has 0 aliphatic rings. The Hall–Kier alpha value is -2.36. The van der Waals surface area contributed by atoms with E-state index in [0.717, 1.165) is 37.8 Å². The molecule has 9 heteroatoms. The number of methoxy groups -OCH3 is 2. The second kappa shape index (κ2) is 8.98. The van der Waals surface area contributed by atoms with Gasteiger partial charge in [0.15, 0.2) is 0 Å². The molecular formula is C20H16BrN3O3S2. The van der Waals surface area contributed by atoms with E-state index >= 15 is 0 Å². The van der Waals surface area contributed by atoms with Crippen LogP contribution >= 0.6 is 39.0 Å². The van der Waals surface area contributed by atoms with Gasteiger partial charge in [0.1, 0.15) is 16.5 Å². The average Bonchev–Trinajstić information content (AvgIpc) is 3.42. The summed E-state index contributed by atoms with van der Waals surface area (Å²) in [5, 5.41) is 11.7. The molecule has 0 radical (unpaired) electrons. The number of ether oxygens (including phenoxy) is 2. The van der Waals surface area contributed by atoms with Crippen LogP contribution in [0.5, 0.6) is 11.5 Å². The van der Waals surface area contributed by atoms with Crippen LogP contribution in [0.1, 0.15) is 5.69 Å². The van der Waals surface area contributed by atoms with Gasteiger partial charge in [-0.15, -0.1) is 21.5 Å². The Morgan fingerprint density at radius 3 is 2.66 bits per heavy atom. The SMILES string of the molecule is COc1ccc(-c2nnc(SCc3csc(-c4cc(Br)ccc4OC)n3)o2)cc1. The molecule has 29 heavy (non-hydrogen) atoms. The molecule has 0 N–H and O–H groups in total. The molecule has 2 heterocycles. The summed E-state index contributed by atoms with van der Waals surface area (Å²) < 4.78 is 17.4. The van der Waals surface area contributed by atoms with Gasteiger partial charge in [-0.05, 0) is 42.5 Å². The van der Waals surface area contributed by atoms with E-state index in [4.69, 9.17) is 18.9 Å². The summed E-state index contributed by atoms with van der Waals surface area (Å²) >= 11 is 6.54. The zero-order valence-electron chi connectivity index (χ0n) is 15.6. The molecule has 6 nitrogen and oxygen atoms in total. The number of halogens is 1. The smallest absolute Gasteiger partial charge is 0.277 e. The maximum absolute atomic E-state index is 5.76. The minimum Gasteiger partial charge on any atom is -0.497 e. The van der Waals surface area contributed by atoms with Crippen molar-refractivity contribution in [2.45, 2.75) is 11.0 Å². The fraction of sp³-hybridized carbons (Fsp3) is 0.150. The Balaban J connectivity index is 1.44. The molecule has 0 spiro atoms. The number of aromatic nitrogens is 3. The van der Waals surface area contributed by atoms with Gasteiger partial charge in [0.05, 0.1) is 25.5 Å². The largest absolute Gasteiger partial charge is 0.497 e. The number of nitrogens with zero attached hydrogens (tertiary/aromatic N) is 3. The quantitative estimate of drug-likeness (QED) is 0.297. The first kappa shape index (κ1) is 19.9.